The zero-order chi connectivity index (χ0) is 21.1. The SMILES string of the molecule is O=C(CSc1ccc(F)cc1)N1CCN(S(=O)(=O)c2ccc3c(c2)OCCO3)CC1. The molecule has 1 fully saturated rings. The number of carbonyl (C=O) groups is 1. The summed E-state index contributed by atoms with van der Waals surface area (Å²) >= 11 is 1.33. The van der Waals surface area contributed by atoms with Crippen molar-refractivity contribution in [2.24, 2.45) is 0 Å². The van der Waals surface area contributed by atoms with Gasteiger partial charge in [-0.05, 0) is 36.4 Å². The van der Waals surface area contributed by atoms with Crippen molar-refractivity contribution >= 4 is 27.7 Å². The van der Waals surface area contributed by atoms with Crippen LogP contribution in [-0.2, 0) is 14.8 Å². The summed E-state index contributed by atoms with van der Waals surface area (Å²) in [6, 6.07) is 10.6. The molecule has 0 atom stereocenters. The van der Waals surface area contributed by atoms with Gasteiger partial charge in [0.25, 0.3) is 0 Å². The molecular weight excluding hydrogens is 431 g/mol. The molecule has 0 radical (unpaired) electrons. The normalized spacial score (nSPS) is 17.0. The second-order valence-corrected chi connectivity index (χ2v) is 9.82. The van der Waals surface area contributed by atoms with Gasteiger partial charge in [-0.1, -0.05) is 0 Å². The van der Waals surface area contributed by atoms with Crippen LogP contribution in [0.15, 0.2) is 52.3 Å². The second kappa shape index (κ2) is 8.83. The Labute approximate surface area is 178 Å². The summed E-state index contributed by atoms with van der Waals surface area (Å²) in [6.07, 6.45) is 0. The number of benzene rings is 2. The smallest absolute Gasteiger partial charge is 0.243 e. The number of carbonyl (C=O) groups excluding carboxylic acids is 1. The monoisotopic (exact) mass is 452 g/mol. The molecule has 7 nitrogen and oxygen atoms in total. The standard InChI is InChI=1S/C20H21FN2O5S2/c21-15-1-3-16(4-2-15)29-14-20(24)22-7-9-23(10-8-22)30(25,26)17-5-6-18-19(13-17)28-12-11-27-18/h1-6,13H,7-12,14H2. The molecule has 2 heterocycles. The lowest BCUT2D eigenvalue weighted by atomic mass is 10.3. The molecule has 0 unspecified atom stereocenters. The van der Waals surface area contributed by atoms with Crippen LogP contribution in [-0.4, -0.2) is 68.7 Å². The van der Waals surface area contributed by atoms with Crippen molar-refractivity contribution in [1.82, 2.24) is 9.21 Å². The van der Waals surface area contributed by atoms with E-state index in [1.54, 1.807) is 23.1 Å². The van der Waals surface area contributed by atoms with E-state index in [2.05, 4.69) is 0 Å². The number of hydrogen-bond acceptors (Lipinski definition) is 6. The Morgan fingerprint density at radius 1 is 0.967 bits per heavy atom. The predicted octanol–water partition coefficient (Wildman–Crippen LogP) is 2.22. The van der Waals surface area contributed by atoms with Gasteiger partial charge in [0.1, 0.15) is 19.0 Å². The highest BCUT2D eigenvalue weighted by molar-refractivity contribution is 8.00. The van der Waals surface area contributed by atoms with E-state index in [0.29, 0.717) is 37.8 Å². The molecule has 0 aliphatic carbocycles. The van der Waals surface area contributed by atoms with E-state index in [4.69, 9.17) is 9.47 Å². The molecule has 2 aliphatic rings. The van der Waals surface area contributed by atoms with E-state index < -0.39 is 10.0 Å². The number of hydrogen-bond donors (Lipinski definition) is 0. The maximum absolute atomic E-state index is 13.0. The highest BCUT2D eigenvalue weighted by atomic mass is 32.2. The third-order valence-corrected chi connectivity index (χ3v) is 7.81. The lowest BCUT2D eigenvalue weighted by Crippen LogP contribution is -2.50. The lowest BCUT2D eigenvalue weighted by Gasteiger charge is -2.34. The van der Waals surface area contributed by atoms with E-state index in [-0.39, 0.29) is 35.5 Å². The number of fused-ring (bicyclic) bond motifs is 1. The van der Waals surface area contributed by atoms with Crippen LogP contribution in [0, 0.1) is 5.82 Å². The summed E-state index contributed by atoms with van der Waals surface area (Å²) < 4.78 is 51.2. The van der Waals surface area contributed by atoms with Crippen LogP contribution in [0.3, 0.4) is 0 Å². The molecule has 2 aromatic carbocycles. The molecule has 1 saturated heterocycles. The molecule has 1 amide bonds. The van der Waals surface area contributed by atoms with Gasteiger partial charge in [-0.15, -0.1) is 11.8 Å². The number of rotatable bonds is 5. The quantitative estimate of drug-likeness (QED) is 0.648. The minimum absolute atomic E-state index is 0.0688. The van der Waals surface area contributed by atoms with Crippen molar-refractivity contribution in [2.75, 3.05) is 45.1 Å². The number of thioether (sulfide) groups is 1. The van der Waals surface area contributed by atoms with E-state index >= 15 is 0 Å². The first-order valence-corrected chi connectivity index (χ1v) is 11.9. The fourth-order valence-electron chi connectivity index (χ4n) is 3.28. The molecule has 160 valence electrons. The van der Waals surface area contributed by atoms with Crippen molar-refractivity contribution in [3.63, 3.8) is 0 Å². The molecule has 0 bridgehead atoms. The Morgan fingerprint density at radius 2 is 1.63 bits per heavy atom. The van der Waals surface area contributed by atoms with Gasteiger partial charge in [0.15, 0.2) is 11.5 Å². The van der Waals surface area contributed by atoms with Gasteiger partial charge in [0, 0.05) is 37.1 Å². The second-order valence-electron chi connectivity index (χ2n) is 6.83. The Bertz CT molecular complexity index is 1020. The summed E-state index contributed by atoms with van der Waals surface area (Å²) in [4.78, 5) is 15.1. The number of sulfonamides is 1. The average molecular weight is 453 g/mol. The maximum atomic E-state index is 13.0. The van der Waals surface area contributed by atoms with Crippen LogP contribution in [0.1, 0.15) is 0 Å². The van der Waals surface area contributed by atoms with Crippen molar-refractivity contribution < 1.29 is 27.1 Å². The van der Waals surface area contributed by atoms with Gasteiger partial charge < -0.3 is 14.4 Å². The fraction of sp³-hybridized carbons (Fsp3) is 0.350. The van der Waals surface area contributed by atoms with Crippen LogP contribution in [0.5, 0.6) is 11.5 Å². The number of nitrogens with zero attached hydrogens (tertiary/aromatic N) is 2. The van der Waals surface area contributed by atoms with Crippen molar-refractivity contribution in [3.8, 4) is 11.5 Å². The number of halogens is 1. The molecule has 0 aromatic heterocycles. The number of amides is 1. The van der Waals surface area contributed by atoms with Gasteiger partial charge in [-0.25, -0.2) is 12.8 Å². The topological polar surface area (TPSA) is 76.2 Å². The third-order valence-electron chi connectivity index (χ3n) is 4.92. The molecule has 0 N–H and O–H groups in total. The molecular formula is C20H21FN2O5S2. The van der Waals surface area contributed by atoms with Gasteiger partial charge in [-0.3, -0.25) is 4.79 Å². The minimum Gasteiger partial charge on any atom is -0.486 e. The minimum atomic E-state index is -3.68. The third kappa shape index (κ3) is 4.55. The first-order chi connectivity index (χ1) is 14.4. The Kier molecular flexibility index (Phi) is 6.16. The van der Waals surface area contributed by atoms with Gasteiger partial charge in [0.05, 0.1) is 10.6 Å². The summed E-state index contributed by atoms with van der Waals surface area (Å²) in [6.45, 7) is 1.92. The first-order valence-electron chi connectivity index (χ1n) is 9.49. The van der Waals surface area contributed by atoms with Gasteiger partial charge in [-0.2, -0.15) is 4.31 Å². The van der Waals surface area contributed by atoms with Crippen LogP contribution >= 0.6 is 11.8 Å². The van der Waals surface area contributed by atoms with E-state index in [9.17, 15) is 17.6 Å². The van der Waals surface area contributed by atoms with Gasteiger partial charge >= 0.3 is 0 Å². The van der Waals surface area contributed by atoms with Crippen LogP contribution in [0.4, 0.5) is 4.39 Å². The zero-order valence-corrected chi connectivity index (χ0v) is 17.8. The maximum Gasteiger partial charge on any atom is 0.243 e. The fourth-order valence-corrected chi connectivity index (χ4v) is 5.52. The summed E-state index contributed by atoms with van der Waals surface area (Å²) in [5.74, 6) is 0.797. The highest BCUT2D eigenvalue weighted by Crippen LogP contribution is 2.33. The van der Waals surface area contributed by atoms with Crippen LogP contribution < -0.4 is 9.47 Å². The van der Waals surface area contributed by atoms with Crippen LogP contribution in [0.2, 0.25) is 0 Å². The molecule has 0 spiro atoms. The summed E-state index contributed by atoms with van der Waals surface area (Å²) in [5.41, 5.74) is 0. The highest BCUT2D eigenvalue weighted by Gasteiger charge is 2.31. The van der Waals surface area contributed by atoms with Gasteiger partial charge in [0.2, 0.25) is 15.9 Å². The van der Waals surface area contributed by atoms with E-state index in [1.165, 1.54) is 40.3 Å². The number of ether oxygens (including phenoxy) is 2. The van der Waals surface area contributed by atoms with Crippen molar-refractivity contribution in [3.05, 3.63) is 48.3 Å². The van der Waals surface area contributed by atoms with Crippen LogP contribution in [0.25, 0.3) is 0 Å². The molecule has 10 heteroatoms. The molecule has 2 aromatic rings. The molecule has 30 heavy (non-hydrogen) atoms. The van der Waals surface area contributed by atoms with Crippen molar-refractivity contribution in [1.29, 1.82) is 0 Å². The Morgan fingerprint density at radius 3 is 2.33 bits per heavy atom. The number of piperazine rings is 1. The first kappa shape index (κ1) is 21.0. The molecule has 0 saturated carbocycles. The molecule has 4 rings (SSSR count). The summed E-state index contributed by atoms with van der Waals surface area (Å²) in [5, 5.41) is 0. The largest absolute Gasteiger partial charge is 0.486 e. The van der Waals surface area contributed by atoms with E-state index in [0.717, 1.165) is 4.90 Å². The van der Waals surface area contributed by atoms with Crippen molar-refractivity contribution in [2.45, 2.75) is 9.79 Å². The summed E-state index contributed by atoms with van der Waals surface area (Å²) in [7, 11) is -3.68. The van der Waals surface area contributed by atoms with E-state index in [1.807, 2.05) is 0 Å². The zero-order valence-electron chi connectivity index (χ0n) is 16.1. The Balaban J connectivity index is 1.34. The average Bonchev–Trinajstić information content (AvgIpc) is 2.78. The Hall–Kier alpha value is -2.30. The molecule has 2 aliphatic heterocycles. The lowest BCUT2D eigenvalue weighted by molar-refractivity contribution is -0.129. The predicted molar refractivity (Wildman–Crippen MR) is 110 cm³/mol.